The fourth-order valence-corrected chi connectivity index (χ4v) is 2.40. The van der Waals surface area contributed by atoms with E-state index in [1.165, 1.54) is 29.6 Å². The van der Waals surface area contributed by atoms with Gasteiger partial charge in [0.2, 0.25) is 0 Å². The lowest BCUT2D eigenvalue weighted by Gasteiger charge is -2.21. The van der Waals surface area contributed by atoms with Crippen molar-refractivity contribution >= 4 is 27.5 Å². The van der Waals surface area contributed by atoms with Gasteiger partial charge in [0.15, 0.2) is 0 Å². The van der Waals surface area contributed by atoms with Gasteiger partial charge in [-0.3, -0.25) is 4.72 Å². The van der Waals surface area contributed by atoms with Crippen molar-refractivity contribution in [1.29, 1.82) is 0 Å². The number of benzene rings is 1. The van der Waals surface area contributed by atoms with Crippen LogP contribution in [0.25, 0.3) is 0 Å². The molecule has 7 heteroatoms. The molecule has 0 saturated heterocycles. The Bertz CT molecular complexity index is 502. The number of phenolic OH excluding ortho intramolecular Hbond substituents is 1. The quantitative estimate of drug-likeness (QED) is 0.828. The maximum atomic E-state index is 11.8. The standard InChI is InChI=1S/C10H15ClN2O3S/c1-7(2)13(3)17(15,16)12-9-5-4-8(11)6-10(9)14/h4-7,12,14H,1-3H3. The first-order valence-electron chi connectivity index (χ1n) is 4.98. The molecular weight excluding hydrogens is 264 g/mol. The number of phenols is 1. The zero-order valence-electron chi connectivity index (χ0n) is 9.81. The molecule has 1 aromatic carbocycles. The Morgan fingerprint density at radius 3 is 2.47 bits per heavy atom. The monoisotopic (exact) mass is 278 g/mol. The van der Waals surface area contributed by atoms with Crippen LogP contribution in [0.4, 0.5) is 5.69 Å². The smallest absolute Gasteiger partial charge is 0.301 e. The molecule has 96 valence electrons. The molecule has 2 N–H and O–H groups in total. The SMILES string of the molecule is CC(C)N(C)S(=O)(=O)Nc1ccc(Cl)cc1O. The van der Waals surface area contributed by atoms with E-state index in [2.05, 4.69) is 4.72 Å². The molecule has 0 aliphatic rings. The van der Waals surface area contributed by atoms with Crippen molar-refractivity contribution in [3.8, 4) is 5.75 Å². The van der Waals surface area contributed by atoms with E-state index in [4.69, 9.17) is 11.6 Å². The number of hydrogen-bond donors (Lipinski definition) is 2. The van der Waals surface area contributed by atoms with Gasteiger partial charge in [-0.05, 0) is 26.0 Å². The summed E-state index contributed by atoms with van der Waals surface area (Å²) in [4.78, 5) is 0. The molecule has 5 nitrogen and oxygen atoms in total. The van der Waals surface area contributed by atoms with Crippen LogP contribution in [-0.4, -0.2) is 30.9 Å². The van der Waals surface area contributed by atoms with Gasteiger partial charge in [-0.15, -0.1) is 0 Å². The minimum absolute atomic E-state index is 0.0990. The van der Waals surface area contributed by atoms with Crippen molar-refractivity contribution in [1.82, 2.24) is 4.31 Å². The highest BCUT2D eigenvalue weighted by Gasteiger charge is 2.21. The van der Waals surface area contributed by atoms with Gasteiger partial charge in [0, 0.05) is 24.2 Å². The molecule has 1 aromatic rings. The van der Waals surface area contributed by atoms with Crippen LogP contribution in [-0.2, 0) is 10.2 Å². The minimum Gasteiger partial charge on any atom is -0.506 e. The van der Waals surface area contributed by atoms with E-state index < -0.39 is 10.2 Å². The third-order valence-corrected chi connectivity index (χ3v) is 4.20. The van der Waals surface area contributed by atoms with E-state index in [1.54, 1.807) is 13.8 Å². The van der Waals surface area contributed by atoms with Gasteiger partial charge in [0.1, 0.15) is 5.75 Å². The van der Waals surface area contributed by atoms with Crippen molar-refractivity contribution in [2.24, 2.45) is 0 Å². The molecule has 0 fully saturated rings. The summed E-state index contributed by atoms with van der Waals surface area (Å²) in [5.74, 6) is -0.210. The van der Waals surface area contributed by atoms with Crippen molar-refractivity contribution in [3.63, 3.8) is 0 Å². The fourth-order valence-electron chi connectivity index (χ4n) is 1.08. The van der Waals surface area contributed by atoms with Crippen molar-refractivity contribution in [2.45, 2.75) is 19.9 Å². The molecule has 1 rings (SSSR count). The van der Waals surface area contributed by atoms with Gasteiger partial charge in [-0.25, -0.2) is 0 Å². The van der Waals surface area contributed by atoms with Gasteiger partial charge in [-0.2, -0.15) is 12.7 Å². The normalized spacial score (nSPS) is 12.1. The first-order chi connectivity index (χ1) is 7.74. The number of halogens is 1. The van der Waals surface area contributed by atoms with Crippen LogP contribution >= 0.6 is 11.6 Å². The Morgan fingerprint density at radius 2 is 2.00 bits per heavy atom. The third-order valence-electron chi connectivity index (χ3n) is 2.31. The molecular formula is C10H15ClN2O3S. The predicted octanol–water partition coefficient (Wildman–Crippen LogP) is 2.04. The molecule has 0 saturated carbocycles. The van der Waals surface area contributed by atoms with E-state index >= 15 is 0 Å². The molecule has 0 amide bonds. The summed E-state index contributed by atoms with van der Waals surface area (Å²) in [6.45, 7) is 3.50. The van der Waals surface area contributed by atoms with Crippen molar-refractivity contribution in [3.05, 3.63) is 23.2 Å². The maximum Gasteiger partial charge on any atom is 0.301 e. The van der Waals surface area contributed by atoms with Crippen LogP contribution in [0, 0.1) is 0 Å². The second kappa shape index (κ2) is 5.12. The number of nitrogens with zero attached hydrogens (tertiary/aromatic N) is 1. The van der Waals surface area contributed by atoms with Crippen LogP contribution in [0.3, 0.4) is 0 Å². The number of aromatic hydroxyl groups is 1. The molecule has 0 bridgehead atoms. The fraction of sp³-hybridized carbons (Fsp3) is 0.400. The van der Waals surface area contributed by atoms with Crippen molar-refractivity contribution in [2.75, 3.05) is 11.8 Å². The molecule has 0 aromatic heterocycles. The Morgan fingerprint density at radius 1 is 1.41 bits per heavy atom. The van der Waals surface area contributed by atoms with Crippen LogP contribution < -0.4 is 4.72 Å². The van der Waals surface area contributed by atoms with Crippen molar-refractivity contribution < 1.29 is 13.5 Å². The summed E-state index contributed by atoms with van der Waals surface area (Å²) in [5, 5.41) is 9.88. The van der Waals surface area contributed by atoms with Crippen LogP contribution in [0.5, 0.6) is 5.75 Å². The summed E-state index contributed by atoms with van der Waals surface area (Å²) >= 11 is 5.65. The van der Waals surface area contributed by atoms with E-state index in [9.17, 15) is 13.5 Å². The summed E-state index contributed by atoms with van der Waals surface area (Å²) in [6.07, 6.45) is 0. The highest BCUT2D eigenvalue weighted by atomic mass is 35.5. The summed E-state index contributed by atoms with van der Waals surface area (Å²) in [5.41, 5.74) is 0.0990. The molecule has 0 aliphatic heterocycles. The lowest BCUT2D eigenvalue weighted by Crippen LogP contribution is -2.37. The topological polar surface area (TPSA) is 69.6 Å². The maximum absolute atomic E-state index is 11.8. The Hall–Kier alpha value is -0.980. The molecule has 0 unspecified atom stereocenters. The Balaban J connectivity index is 2.98. The first kappa shape index (κ1) is 14.1. The molecule has 17 heavy (non-hydrogen) atoms. The third kappa shape index (κ3) is 3.49. The van der Waals surface area contributed by atoms with E-state index in [0.29, 0.717) is 5.02 Å². The van der Waals surface area contributed by atoms with Gasteiger partial charge in [0.25, 0.3) is 0 Å². The molecule has 0 aliphatic carbocycles. The lowest BCUT2D eigenvalue weighted by molar-refractivity contribution is 0.413. The Kier molecular flexibility index (Phi) is 4.24. The molecule has 0 radical (unpaired) electrons. The molecule has 0 heterocycles. The zero-order chi connectivity index (χ0) is 13.2. The lowest BCUT2D eigenvalue weighted by atomic mass is 10.3. The van der Waals surface area contributed by atoms with E-state index in [1.807, 2.05) is 0 Å². The zero-order valence-corrected chi connectivity index (χ0v) is 11.4. The van der Waals surface area contributed by atoms with E-state index in [-0.39, 0.29) is 17.5 Å². The van der Waals surface area contributed by atoms with Crippen LogP contribution in [0.15, 0.2) is 18.2 Å². The summed E-state index contributed by atoms with van der Waals surface area (Å²) in [6, 6.07) is 3.99. The Labute approximate surface area is 106 Å². The van der Waals surface area contributed by atoms with Gasteiger partial charge in [-0.1, -0.05) is 11.6 Å². The first-order valence-corrected chi connectivity index (χ1v) is 6.80. The van der Waals surface area contributed by atoms with Crippen LogP contribution in [0.2, 0.25) is 5.02 Å². The second-order valence-corrected chi connectivity index (χ2v) is 6.05. The van der Waals surface area contributed by atoms with E-state index in [0.717, 1.165) is 0 Å². The highest BCUT2D eigenvalue weighted by molar-refractivity contribution is 7.90. The van der Waals surface area contributed by atoms with Gasteiger partial charge < -0.3 is 5.11 Å². The highest BCUT2D eigenvalue weighted by Crippen LogP contribution is 2.27. The number of nitrogens with one attached hydrogen (secondary N) is 1. The summed E-state index contributed by atoms with van der Waals surface area (Å²) < 4.78 is 27.2. The number of rotatable bonds is 4. The predicted molar refractivity (Wildman–Crippen MR) is 68.6 cm³/mol. The average Bonchev–Trinajstić information content (AvgIpc) is 2.21. The number of anilines is 1. The largest absolute Gasteiger partial charge is 0.506 e. The molecule has 0 spiro atoms. The summed E-state index contributed by atoms with van der Waals surface area (Å²) in [7, 11) is -2.21. The number of hydrogen-bond acceptors (Lipinski definition) is 3. The van der Waals surface area contributed by atoms with Gasteiger partial charge in [0.05, 0.1) is 5.69 Å². The van der Waals surface area contributed by atoms with Gasteiger partial charge >= 0.3 is 10.2 Å². The second-order valence-electron chi connectivity index (χ2n) is 3.88. The molecule has 0 atom stereocenters. The average molecular weight is 279 g/mol. The minimum atomic E-state index is -3.67. The van der Waals surface area contributed by atoms with Crippen LogP contribution in [0.1, 0.15) is 13.8 Å².